The van der Waals surface area contributed by atoms with Gasteiger partial charge < -0.3 is 10.2 Å². The van der Waals surface area contributed by atoms with E-state index in [1.54, 1.807) is 7.05 Å². The van der Waals surface area contributed by atoms with Crippen molar-refractivity contribution in [1.29, 1.82) is 0 Å². The van der Waals surface area contributed by atoms with Gasteiger partial charge in [-0.05, 0) is 0 Å². The molecular formula is C7H10FN3O. The summed E-state index contributed by atoms with van der Waals surface area (Å²) < 4.78 is 17.6. The van der Waals surface area contributed by atoms with Gasteiger partial charge in [0.25, 0.3) is 0 Å². The van der Waals surface area contributed by atoms with Gasteiger partial charge in [0.05, 0.1) is 19.0 Å². The molecule has 0 aliphatic carbocycles. The van der Waals surface area contributed by atoms with Crippen LogP contribution >= 0.6 is 0 Å². The van der Waals surface area contributed by atoms with Crippen LogP contribution in [0, 0.1) is 5.82 Å². The summed E-state index contributed by atoms with van der Waals surface area (Å²) in [7, 11) is 3.05. The quantitative estimate of drug-likeness (QED) is 0.659. The maximum Gasteiger partial charge on any atom is 0.250 e. The fraction of sp³-hybridized carbons (Fsp3) is 0.286. The Balaban J connectivity index is 2.86. The van der Waals surface area contributed by atoms with Crippen LogP contribution in [0.2, 0.25) is 0 Å². The lowest BCUT2D eigenvalue weighted by atomic mass is 10.4. The van der Waals surface area contributed by atoms with Crippen molar-refractivity contribution in [2.75, 3.05) is 19.6 Å². The molecule has 1 aromatic rings. The van der Waals surface area contributed by atoms with E-state index < -0.39 is 5.82 Å². The van der Waals surface area contributed by atoms with E-state index in [4.69, 9.17) is 0 Å². The molecule has 4 nitrogen and oxygen atoms in total. The van der Waals surface area contributed by atoms with E-state index in [1.807, 2.05) is 0 Å². The summed E-state index contributed by atoms with van der Waals surface area (Å²) in [6.45, 7) is 0. The summed E-state index contributed by atoms with van der Waals surface area (Å²) in [5, 5.41) is 0. The lowest BCUT2D eigenvalue weighted by Gasteiger charge is -2.04. The van der Waals surface area contributed by atoms with Crippen LogP contribution in [-0.4, -0.2) is 19.1 Å². The fourth-order valence-corrected chi connectivity index (χ4v) is 0.788. The molecular weight excluding hydrogens is 161 g/mol. The van der Waals surface area contributed by atoms with Crippen LogP contribution in [0.25, 0.3) is 0 Å². The van der Waals surface area contributed by atoms with Gasteiger partial charge in [-0.2, -0.15) is 0 Å². The molecule has 0 aliphatic heterocycles. The molecule has 66 valence electrons. The van der Waals surface area contributed by atoms with Crippen LogP contribution in [0.5, 0.6) is 5.88 Å². The molecule has 0 spiro atoms. The van der Waals surface area contributed by atoms with Crippen LogP contribution in [-0.2, 0) is 0 Å². The lowest BCUT2D eigenvalue weighted by molar-refractivity contribution is 0.369. The molecule has 0 fully saturated rings. The highest BCUT2D eigenvalue weighted by Gasteiger charge is 2.03. The number of hydrazine groups is 1. The number of anilines is 1. The number of nitrogens with one attached hydrogen (secondary N) is 2. The zero-order valence-electron chi connectivity index (χ0n) is 6.89. The summed E-state index contributed by atoms with van der Waals surface area (Å²) in [5.74, 6) is -0.491. The van der Waals surface area contributed by atoms with Crippen molar-refractivity contribution in [1.82, 2.24) is 10.4 Å². The number of pyridine rings is 1. The van der Waals surface area contributed by atoms with Gasteiger partial charge in [0.15, 0.2) is 5.82 Å². The van der Waals surface area contributed by atoms with E-state index in [9.17, 15) is 4.39 Å². The Morgan fingerprint density at radius 2 is 2.33 bits per heavy atom. The Morgan fingerprint density at radius 1 is 1.58 bits per heavy atom. The van der Waals surface area contributed by atoms with Crippen molar-refractivity contribution in [3.8, 4) is 5.88 Å². The Bertz CT molecular complexity index is 267. The molecule has 2 N–H and O–H groups in total. The molecule has 0 saturated carbocycles. The highest BCUT2D eigenvalue weighted by atomic mass is 19.1. The second kappa shape index (κ2) is 3.87. The van der Waals surface area contributed by atoms with Crippen molar-refractivity contribution in [2.24, 2.45) is 0 Å². The molecule has 0 aromatic carbocycles. The maximum absolute atomic E-state index is 12.9. The van der Waals surface area contributed by atoms with E-state index in [-0.39, 0.29) is 5.88 Å². The Labute approximate surface area is 69.7 Å². The number of hydrogen-bond acceptors (Lipinski definition) is 4. The van der Waals surface area contributed by atoms with Gasteiger partial charge in [-0.15, -0.1) is 0 Å². The minimum absolute atomic E-state index is 0.00310. The highest BCUT2D eigenvalue weighted by molar-refractivity contribution is 5.41. The van der Waals surface area contributed by atoms with Crippen molar-refractivity contribution in [3.05, 3.63) is 18.1 Å². The minimum Gasteiger partial charge on any atom is -0.479 e. The average Bonchev–Trinajstić information content (AvgIpc) is 2.05. The Hall–Kier alpha value is -1.36. The first-order chi connectivity index (χ1) is 5.77. The number of ether oxygens (including phenoxy) is 1. The summed E-state index contributed by atoms with van der Waals surface area (Å²) in [6, 6.07) is 1.29. The molecule has 0 amide bonds. The zero-order valence-corrected chi connectivity index (χ0v) is 6.89. The molecule has 5 heteroatoms. The largest absolute Gasteiger partial charge is 0.479 e. The second-order valence-electron chi connectivity index (χ2n) is 2.09. The van der Waals surface area contributed by atoms with E-state index in [2.05, 4.69) is 20.6 Å². The number of methoxy groups -OCH3 is 1. The van der Waals surface area contributed by atoms with Crippen LogP contribution in [0.15, 0.2) is 12.3 Å². The lowest BCUT2D eigenvalue weighted by Crippen LogP contribution is -2.15. The van der Waals surface area contributed by atoms with Crippen LogP contribution in [0.1, 0.15) is 0 Å². The molecule has 0 aliphatic rings. The minimum atomic E-state index is -0.488. The van der Waals surface area contributed by atoms with Gasteiger partial charge >= 0.3 is 0 Å². The highest BCUT2D eigenvalue weighted by Crippen LogP contribution is 2.15. The molecule has 0 atom stereocenters. The van der Waals surface area contributed by atoms with E-state index in [1.165, 1.54) is 19.4 Å². The van der Waals surface area contributed by atoms with Crippen molar-refractivity contribution >= 4 is 5.69 Å². The number of halogens is 1. The first kappa shape index (κ1) is 8.73. The summed E-state index contributed by atoms with van der Waals surface area (Å²) in [5.41, 5.74) is 5.89. The number of rotatable bonds is 3. The number of hydrogen-bond donors (Lipinski definition) is 2. The van der Waals surface area contributed by atoms with Crippen molar-refractivity contribution in [3.63, 3.8) is 0 Å². The Kier molecular flexibility index (Phi) is 2.82. The van der Waals surface area contributed by atoms with E-state index >= 15 is 0 Å². The fourth-order valence-electron chi connectivity index (χ4n) is 0.788. The van der Waals surface area contributed by atoms with Crippen LogP contribution < -0.4 is 15.6 Å². The molecule has 1 aromatic heterocycles. The van der Waals surface area contributed by atoms with Gasteiger partial charge in [-0.1, -0.05) is 0 Å². The summed E-state index contributed by atoms with van der Waals surface area (Å²) >= 11 is 0. The predicted octanol–water partition coefficient (Wildman–Crippen LogP) is 0.776. The zero-order chi connectivity index (χ0) is 8.97. The van der Waals surface area contributed by atoms with Gasteiger partial charge in [-0.25, -0.2) is 14.8 Å². The van der Waals surface area contributed by atoms with Gasteiger partial charge in [-0.3, -0.25) is 0 Å². The molecule has 0 radical (unpaired) electrons. The van der Waals surface area contributed by atoms with Crippen LogP contribution in [0.4, 0.5) is 10.1 Å². The molecule has 0 unspecified atom stereocenters. The first-order valence-corrected chi connectivity index (χ1v) is 3.40. The molecule has 12 heavy (non-hydrogen) atoms. The standard InChI is InChI=1S/C7H10FN3O/c1-9-11-5-3-6(8)7(12-2)10-4-5/h3-4,9,11H,1-2H3. The number of aromatic nitrogens is 1. The third-order valence-corrected chi connectivity index (χ3v) is 1.27. The second-order valence-corrected chi connectivity index (χ2v) is 2.09. The van der Waals surface area contributed by atoms with E-state index in [0.29, 0.717) is 5.69 Å². The van der Waals surface area contributed by atoms with Gasteiger partial charge in [0.1, 0.15) is 0 Å². The number of nitrogens with zero attached hydrogens (tertiary/aromatic N) is 1. The topological polar surface area (TPSA) is 46.2 Å². The monoisotopic (exact) mass is 171 g/mol. The van der Waals surface area contributed by atoms with E-state index in [0.717, 1.165) is 0 Å². The van der Waals surface area contributed by atoms with Crippen LogP contribution in [0.3, 0.4) is 0 Å². The third-order valence-electron chi connectivity index (χ3n) is 1.27. The molecule has 1 rings (SSSR count). The van der Waals surface area contributed by atoms with Gasteiger partial charge in [0.2, 0.25) is 5.88 Å². The smallest absolute Gasteiger partial charge is 0.250 e. The van der Waals surface area contributed by atoms with Crippen molar-refractivity contribution < 1.29 is 9.13 Å². The normalized spacial score (nSPS) is 9.58. The predicted molar refractivity (Wildman–Crippen MR) is 43.4 cm³/mol. The molecule has 0 bridgehead atoms. The SMILES string of the molecule is CNNc1cnc(OC)c(F)c1. The summed E-state index contributed by atoms with van der Waals surface area (Å²) in [4.78, 5) is 3.72. The average molecular weight is 171 g/mol. The third kappa shape index (κ3) is 1.82. The summed E-state index contributed by atoms with van der Waals surface area (Å²) in [6.07, 6.45) is 1.47. The maximum atomic E-state index is 12.9. The molecule has 1 heterocycles. The first-order valence-electron chi connectivity index (χ1n) is 3.40. The van der Waals surface area contributed by atoms with Gasteiger partial charge in [0, 0.05) is 13.1 Å². The van der Waals surface area contributed by atoms with Crippen molar-refractivity contribution in [2.45, 2.75) is 0 Å². The molecule has 0 saturated heterocycles. The Morgan fingerprint density at radius 3 is 2.83 bits per heavy atom.